The molecular formula is C21H22F2N9O9PS2. The number of hydrogen-bond donors (Lipinski definition) is 3. The lowest BCUT2D eigenvalue weighted by atomic mass is 10.1. The molecule has 3 aromatic rings. The minimum atomic E-state index is -4.74. The zero-order valence-corrected chi connectivity index (χ0v) is 24.5. The molecule has 1 unspecified atom stereocenters. The number of hydrogen-bond acceptors (Lipinski definition) is 15. The molecule has 3 fully saturated rings. The van der Waals surface area contributed by atoms with Crippen molar-refractivity contribution in [3.63, 3.8) is 0 Å². The van der Waals surface area contributed by atoms with Crippen LogP contribution in [0.15, 0.2) is 24.0 Å². The third-order valence-electron chi connectivity index (χ3n) is 7.38. The first-order valence-electron chi connectivity index (χ1n) is 12.9. The lowest BCUT2D eigenvalue weighted by Gasteiger charge is -2.27. The summed E-state index contributed by atoms with van der Waals surface area (Å²) < 4.78 is 89.7. The largest absolute Gasteiger partial charge is 0.382 e. The molecule has 23 heteroatoms. The van der Waals surface area contributed by atoms with Crippen LogP contribution in [0.1, 0.15) is 29.4 Å². The highest BCUT2D eigenvalue weighted by Crippen LogP contribution is 2.51. The van der Waals surface area contributed by atoms with E-state index < -0.39 is 79.4 Å². The highest BCUT2D eigenvalue weighted by Gasteiger charge is 2.53. The van der Waals surface area contributed by atoms with Gasteiger partial charge in [0, 0.05) is 12.6 Å². The maximum absolute atomic E-state index is 15.9. The van der Waals surface area contributed by atoms with Crippen molar-refractivity contribution in [1.82, 2.24) is 33.8 Å². The van der Waals surface area contributed by atoms with Gasteiger partial charge in [0.25, 0.3) is 0 Å². The summed E-state index contributed by atoms with van der Waals surface area (Å²) in [4.78, 5) is 43.1. The molecule has 3 saturated heterocycles. The van der Waals surface area contributed by atoms with Gasteiger partial charge in [-0.2, -0.15) is 13.1 Å². The Morgan fingerprint density at radius 3 is 2.64 bits per heavy atom. The number of alkyl halides is 2. The Kier molecular flexibility index (Phi) is 7.35. The fraction of sp³-hybridized carbons (Fsp3) is 0.524. The Hall–Kier alpha value is -2.92. The van der Waals surface area contributed by atoms with Gasteiger partial charge in [-0.25, -0.2) is 33.7 Å². The summed E-state index contributed by atoms with van der Waals surface area (Å²) in [7, 11) is -4.74. The van der Waals surface area contributed by atoms with Crippen LogP contribution in [0.25, 0.3) is 11.2 Å². The Balaban J connectivity index is 1.16. The molecule has 0 bridgehead atoms. The normalized spacial score (nSPS) is 37.2. The molecule has 9 atom stereocenters. The molecule has 0 amide bonds. The van der Waals surface area contributed by atoms with E-state index in [0.29, 0.717) is 0 Å². The predicted molar refractivity (Wildman–Crippen MR) is 146 cm³/mol. The number of carbonyl (C=O) groups is 1. The van der Waals surface area contributed by atoms with E-state index in [1.54, 1.807) is 0 Å². The average Bonchev–Trinajstić information content (AvgIpc) is 3.73. The molecular weight excluding hydrogens is 655 g/mol. The van der Waals surface area contributed by atoms with Crippen LogP contribution in [0.3, 0.4) is 0 Å². The number of fused-ring (bicyclic) bond motifs is 4. The van der Waals surface area contributed by atoms with Crippen LogP contribution in [-0.4, -0.2) is 104 Å². The van der Waals surface area contributed by atoms with Crippen LogP contribution in [0.4, 0.5) is 20.4 Å². The fourth-order valence-corrected chi connectivity index (χ4v) is 7.78. The van der Waals surface area contributed by atoms with Gasteiger partial charge in [-0.3, -0.25) is 22.6 Å². The zero-order valence-electron chi connectivity index (χ0n) is 22.0. The van der Waals surface area contributed by atoms with Gasteiger partial charge >= 0.3 is 17.0 Å². The number of aromatic nitrogens is 6. The van der Waals surface area contributed by atoms with Gasteiger partial charge in [-0.15, -0.1) is 0 Å². The third-order valence-corrected chi connectivity index (χ3v) is 9.95. The minimum absolute atomic E-state index is 0.000951. The van der Waals surface area contributed by atoms with Crippen molar-refractivity contribution >= 4 is 63.6 Å². The van der Waals surface area contributed by atoms with Gasteiger partial charge < -0.3 is 24.6 Å². The lowest BCUT2D eigenvalue weighted by Crippen LogP contribution is -2.48. The summed E-state index contributed by atoms with van der Waals surface area (Å²) in [6.45, 7) is -5.81. The van der Waals surface area contributed by atoms with E-state index in [1.807, 2.05) is 0 Å². The number of ether oxygens (including phenoxy) is 2. The van der Waals surface area contributed by atoms with Crippen LogP contribution in [0, 0.1) is 0 Å². The summed E-state index contributed by atoms with van der Waals surface area (Å²) in [6, 6.07) is -1.62. The van der Waals surface area contributed by atoms with Crippen molar-refractivity contribution in [2.45, 2.75) is 55.6 Å². The number of ketones is 1. The highest BCUT2D eigenvalue weighted by atomic mass is 32.5. The van der Waals surface area contributed by atoms with E-state index in [4.69, 9.17) is 40.2 Å². The van der Waals surface area contributed by atoms with E-state index in [-0.39, 0.29) is 40.7 Å². The second kappa shape index (κ2) is 10.9. The monoisotopic (exact) mass is 677 g/mol. The number of rotatable bonds is 2. The number of nitrogens with two attached hydrogens (primary N) is 1. The van der Waals surface area contributed by atoms with Crippen molar-refractivity contribution in [2.24, 2.45) is 4.99 Å². The lowest BCUT2D eigenvalue weighted by molar-refractivity contribution is -0.0465. The van der Waals surface area contributed by atoms with E-state index in [2.05, 4.69) is 29.7 Å². The summed E-state index contributed by atoms with van der Waals surface area (Å²) in [5, 5.41) is 0. The molecule has 0 radical (unpaired) electrons. The number of Topliss-reactive ketones (excluding diaryl/α,β-unsaturated/α-hetero) is 1. The molecule has 0 saturated carbocycles. The first-order chi connectivity index (χ1) is 20.9. The molecule has 7 heterocycles. The van der Waals surface area contributed by atoms with Crippen LogP contribution < -0.4 is 10.5 Å². The van der Waals surface area contributed by atoms with Gasteiger partial charge in [-0.1, -0.05) is 0 Å². The highest BCUT2D eigenvalue weighted by molar-refractivity contribution is 8.07. The zero-order chi connectivity index (χ0) is 31.0. The number of nitrogens with zero attached hydrogens (tertiary/aromatic N) is 7. The fourth-order valence-electron chi connectivity index (χ4n) is 5.34. The number of halogens is 2. The van der Waals surface area contributed by atoms with Crippen molar-refractivity contribution in [3.05, 3.63) is 24.7 Å². The number of anilines is 1. The number of nitrogens with one attached hydrogen (secondary N) is 1. The topological polar surface area (TPSA) is 229 Å². The summed E-state index contributed by atoms with van der Waals surface area (Å²) in [5.74, 6) is -0.293. The Morgan fingerprint density at radius 2 is 1.82 bits per heavy atom. The number of aliphatic imine (C=N–C) groups is 1. The maximum Gasteiger partial charge on any atom is 0.336 e. The Morgan fingerprint density at radius 1 is 1.07 bits per heavy atom. The van der Waals surface area contributed by atoms with Crippen molar-refractivity contribution in [3.8, 4) is 0 Å². The molecule has 4 aliphatic rings. The predicted octanol–water partition coefficient (Wildman–Crippen LogP) is -0.0833. The van der Waals surface area contributed by atoms with Gasteiger partial charge in [0.05, 0.1) is 31.9 Å². The summed E-state index contributed by atoms with van der Waals surface area (Å²) in [5.41, 5.74) is 6.08. The van der Waals surface area contributed by atoms with E-state index in [1.165, 1.54) is 17.1 Å². The molecule has 3 aromatic heterocycles. The van der Waals surface area contributed by atoms with Gasteiger partial charge in [0.1, 0.15) is 30.2 Å². The van der Waals surface area contributed by atoms with Crippen LogP contribution in [0.2, 0.25) is 0 Å². The molecule has 18 nitrogen and oxygen atoms in total. The molecule has 236 valence electrons. The standard InChI is InChI=1S/C21H22F2N9O9PS2/c22-11-14-9(39-20(11)32-7-29-15-17(24)26-5-27-19(15)32)3-37-42(34,43)41-16-10(4-38-44(35,36)30-14)40-21(12(16)23)31-6-28-13-8(33)1-2-25-18(13)31/h2,5-7,9-12,14,16,20-21,30H,1,3-4H2,(H,34,43)(H2,24,26,27)/t9-,10-,11-,12-,14-,16-,20-,21-,42?/m1/s1. The molecule has 0 aromatic carbocycles. The third kappa shape index (κ3) is 5.13. The van der Waals surface area contributed by atoms with E-state index >= 15 is 8.78 Å². The molecule has 7 rings (SSSR count). The van der Waals surface area contributed by atoms with Crippen LogP contribution >= 0.6 is 6.72 Å². The molecule has 44 heavy (non-hydrogen) atoms. The number of carbonyl (C=O) groups excluding carboxylic acids is 1. The second-order valence-electron chi connectivity index (χ2n) is 10.1. The summed E-state index contributed by atoms with van der Waals surface area (Å²) in [6.07, 6.45) is -6.91. The average molecular weight is 678 g/mol. The summed E-state index contributed by atoms with van der Waals surface area (Å²) >= 11 is 5.11. The first kappa shape index (κ1) is 29.8. The molecule has 0 spiro atoms. The van der Waals surface area contributed by atoms with E-state index in [0.717, 1.165) is 17.2 Å². The van der Waals surface area contributed by atoms with Gasteiger partial charge in [-0.05, 0) is 11.8 Å². The van der Waals surface area contributed by atoms with Crippen LogP contribution in [0.5, 0.6) is 0 Å². The molecule has 4 aliphatic heterocycles. The Bertz CT molecular complexity index is 1830. The smallest absolute Gasteiger partial charge is 0.336 e. The van der Waals surface area contributed by atoms with Gasteiger partial charge in [0.15, 0.2) is 53.6 Å². The van der Waals surface area contributed by atoms with Crippen LogP contribution in [-0.2, 0) is 44.8 Å². The quantitative estimate of drug-likeness (QED) is 0.301. The number of imidazole rings is 2. The minimum Gasteiger partial charge on any atom is -0.382 e. The van der Waals surface area contributed by atoms with Crippen molar-refractivity contribution in [2.75, 3.05) is 18.9 Å². The first-order valence-corrected chi connectivity index (χ1v) is 16.9. The maximum atomic E-state index is 15.9. The number of nitrogen functional groups attached to an aromatic ring is 1. The van der Waals surface area contributed by atoms with E-state index in [9.17, 15) is 18.1 Å². The molecule has 0 aliphatic carbocycles. The van der Waals surface area contributed by atoms with Crippen molar-refractivity contribution in [1.29, 1.82) is 0 Å². The molecule has 4 N–H and O–H groups in total. The van der Waals surface area contributed by atoms with Crippen molar-refractivity contribution < 1.29 is 49.6 Å². The SMILES string of the molecule is Nc1ncnc2c1ncn2[C@@H]1O[C@@H]2COP(O)(=S)O[C@H]3[C@@H](F)[C@H](n4cnc5c4N=CCC5=O)O[C@@H]3COS(=O)(=O)N[C@H]2[C@H]1F. The Labute approximate surface area is 251 Å². The second-order valence-corrected chi connectivity index (χ2v) is 14.3. The van der Waals surface area contributed by atoms with Gasteiger partial charge in [0.2, 0.25) is 0 Å².